The second-order valence-electron chi connectivity index (χ2n) is 6.65. The number of rotatable bonds is 6. The van der Waals surface area contributed by atoms with Crippen LogP contribution in [0.5, 0.6) is 0 Å². The first kappa shape index (κ1) is 20.7. The van der Waals surface area contributed by atoms with Crippen LogP contribution in [0.15, 0.2) is 47.6 Å². The van der Waals surface area contributed by atoms with Crippen LogP contribution in [0, 0.1) is 12.7 Å². The van der Waals surface area contributed by atoms with Gasteiger partial charge in [0.1, 0.15) is 16.4 Å². The number of aryl methyl sites for hydroxylation is 1. The number of amides is 1. The van der Waals surface area contributed by atoms with Crippen LogP contribution in [0.1, 0.15) is 34.7 Å². The van der Waals surface area contributed by atoms with Crippen LogP contribution in [-0.2, 0) is 17.1 Å². The summed E-state index contributed by atoms with van der Waals surface area (Å²) >= 11 is 0. The third-order valence-corrected chi connectivity index (χ3v) is 6.11. The normalized spacial score (nSPS) is 12.7. The zero-order valence-electron chi connectivity index (χ0n) is 16.5. The number of carbonyl (C=O) groups is 1. The molecule has 3 aromatic rings. The van der Waals surface area contributed by atoms with Crippen LogP contribution < -0.4 is 10.0 Å². The standard InChI is InChI=1S/C19H22FN5O3S/c1-12(17-10-22-25(13(17)2)15-7-5-14(20)6-8-15)23-19(26)18-9-16(11-24(18)4)29(27,28)21-3/h5-12,21H,1-4H3,(H,23,26). The van der Waals surface area contributed by atoms with Gasteiger partial charge in [-0.3, -0.25) is 4.79 Å². The van der Waals surface area contributed by atoms with E-state index in [1.807, 2.05) is 13.8 Å². The van der Waals surface area contributed by atoms with Crippen LogP contribution in [0.2, 0.25) is 0 Å². The lowest BCUT2D eigenvalue weighted by Crippen LogP contribution is -2.28. The summed E-state index contributed by atoms with van der Waals surface area (Å²) in [5, 5.41) is 7.19. The summed E-state index contributed by atoms with van der Waals surface area (Å²) in [6.07, 6.45) is 3.02. The number of halogens is 1. The maximum Gasteiger partial charge on any atom is 0.268 e. The van der Waals surface area contributed by atoms with Gasteiger partial charge in [-0.2, -0.15) is 5.10 Å². The van der Waals surface area contributed by atoms with Crippen LogP contribution in [0.4, 0.5) is 4.39 Å². The van der Waals surface area contributed by atoms with Gasteiger partial charge in [0.2, 0.25) is 10.0 Å². The van der Waals surface area contributed by atoms with E-state index >= 15 is 0 Å². The number of sulfonamides is 1. The van der Waals surface area contributed by atoms with Crippen molar-refractivity contribution in [2.75, 3.05) is 7.05 Å². The van der Waals surface area contributed by atoms with Crippen LogP contribution in [-0.4, -0.2) is 35.7 Å². The number of aromatic nitrogens is 3. The van der Waals surface area contributed by atoms with E-state index in [-0.39, 0.29) is 22.4 Å². The van der Waals surface area contributed by atoms with E-state index in [1.165, 1.54) is 36.0 Å². The molecule has 8 nitrogen and oxygen atoms in total. The van der Waals surface area contributed by atoms with Crippen molar-refractivity contribution in [2.24, 2.45) is 7.05 Å². The van der Waals surface area contributed by atoms with Crippen molar-refractivity contribution in [3.05, 3.63) is 65.5 Å². The molecule has 2 N–H and O–H groups in total. The van der Waals surface area contributed by atoms with E-state index in [0.29, 0.717) is 5.69 Å². The Kier molecular flexibility index (Phi) is 5.58. The van der Waals surface area contributed by atoms with Gasteiger partial charge in [0, 0.05) is 24.5 Å². The molecule has 0 bridgehead atoms. The first-order chi connectivity index (χ1) is 13.6. The molecule has 154 valence electrons. The monoisotopic (exact) mass is 419 g/mol. The predicted molar refractivity (Wildman–Crippen MR) is 106 cm³/mol. The van der Waals surface area contributed by atoms with Crippen molar-refractivity contribution in [2.45, 2.75) is 24.8 Å². The zero-order chi connectivity index (χ0) is 21.3. The summed E-state index contributed by atoms with van der Waals surface area (Å²) in [4.78, 5) is 12.7. The molecule has 29 heavy (non-hydrogen) atoms. The molecular weight excluding hydrogens is 397 g/mol. The van der Waals surface area contributed by atoms with Gasteiger partial charge in [0.25, 0.3) is 5.91 Å². The number of hydrogen-bond acceptors (Lipinski definition) is 4. The van der Waals surface area contributed by atoms with Crippen LogP contribution >= 0.6 is 0 Å². The van der Waals surface area contributed by atoms with Crippen LogP contribution in [0.3, 0.4) is 0 Å². The molecule has 0 saturated carbocycles. The highest BCUT2D eigenvalue weighted by atomic mass is 32.2. The van der Waals surface area contributed by atoms with Gasteiger partial charge in [-0.1, -0.05) is 0 Å². The molecule has 1 atom stereocenters. The van der Waals surface area contributed by atoms with E-state index in [9.17, 15) is 17.6 Å². The zero-order valence-corrected chi connectivity index (χ0v) is 17.3. The third-order valence-electron chi connectivity index (χ3n) is 4.72. The Morgan fingerprint density at radius 3 is 2.52 bits per heavy atom. The summed E-state index contributed by atoms with van der Waals surface area (Å²) in [6.45, 7) is 3.67. The van der Waals surface area contributed by atoms with Crippen molar-refractivity contribution < 1.29 is 17.6 Å². The molecule has 1 unspecified atom stereocenters. The molecule has 1 aromatic carbocycles. The van der Waals surface area contributed by atoms with Crippen molar-refractivity contribution in [3.63, 3.8) is 0 Å². The lowest BCUT2D eigenvalue weighted by molar-refractivity contribution is 0.0931. The molecular formula is C19H22FN5O3S. The Labute approximate surface area is 168 Å². The molecule has 1 amide bonds. The Bertz CT molecular complexity index is 1150. The maximum absolute atomic E-state index is 13.2. The molecule has 10 heteroatoms. The van der Waals surface area contributed by atoms with E-state index in [0.717, 1.165) is 11.3 Å². The highest BCUT2D eigenvalue weighted by Crippen LogP contribution is 2.21. The quantitative estimate of drug-likeness (QED) is 0.639. The molecule has 0 saturated heterocycles. The predicted octanol–water partition coefficient (Wildman–Crippen LogP) is 2.06. The average molecular weight is 419 g/mol. The third kappa shape index (κ3) is 4.08. The number of nitrogens with zero attached hydrogens (tertiary/aromatic N) is 3. The minimum atomic E-state index is -3.64. The molecule has 0 radical (unpaired) electrons. The summed E-state index contributed by atoms with van der Waals surface area (Å²) < 4.78 is 42.4. The lowest BCUT2D eigenvalue weighted by Gasteiger charge is -2.14. The molecule has 0 aliphatic heterocycles. The SMILES string of the molecule is CNS(=O)(=O)c1cc(C(=O)NC(C)c2cnn(-c3ccc(F)cc3)c2C)n(C)c1. The molecule has 3 rings (SSSR count). The van der Waals surface area contributed by atoms with E-state index in [2.05, 4.69) is 15.1 Å². The summed E-state index contributed by atoms with van der Waals surface area (Å²) in [5.41, 5.74) is 2.52. The fraction of sp³-hybridized carbons (Fsp3) is 0.263. The smallest absolute Gasteiger partial charge is 0.268 e. The number of hydrogen-bond donors (Lipinski definition) is 2. The molecule has 0 fully saturated rings. The highest BCUT2D eigenvalue weighted by Gasteiger charge is 2.22. The van der Waals surface area contributed by atoms with Crippen molar-refractivity contribution in [1.29, 1.82) is 0 Å². The van der Waals surface area contributed by atoms with Crippen molar-refractivity contribution in [1.82, 2.24) is 24.4 Å². The van der Waals surface area contributed by atoms with Gasteiger partial charge in [-0.05, 0) is 51.2 Å². The maximum atomic E-state index is 13.2. The molecule has 0 aliphatic carbocycles. The Morgan fingerprint density at radius 2 is 1.90 bits per heavy atom. The first-order valence-electron chi connectivity index (χ1n) is 8.85. The van der Waals surface area contributed by atoms with Gasteiger partial charge < -0.3 is 9.88 Å². The fourth-order valence-electron chi connectivity index (χ4n) is 3.06. The van der Waals surface area contributed by atoms with Crippen molar-refractivity contribution in [3.8, 4) is 5.69 Å². The minimum absolute atomic E-state index is 0.0145. The van der Waals surface area contributed by atoms with Crippen LogP contribution in [0.25, 0.3) is 5.69 Å². The topological polar surface area (TPSA) is 98.0 Å². The highest BCUT2D eigenvalue weighted by molar-refractivity contribution is 7.89. The Balaban J connectivity index is 1.81. The van der Waals surface area contributed by atoms with E-state index in [4.69, 9.17) is 0 Å². The van der Waals surface area contributed by atoms with Gasteiger partial charge in [-0.15, -0.1) is 0 Å². The average Bonchev–Trinajstić information content (AvgIpc) is 3.26. The van der Waals surface area contributed by atoms with Gasteiger partial charge >= 0.3 is 0 Å². The number of benzene rings is 1. The summed E-state index contributed by atoms with van der Waals surface area (Å²) in [5.74, 6) is -0.742. The van der Waals surface area contributed by atoms with Gasteiger partial charge in [-0.25, -0.2) is 22.2 Å². The molecule has 0 aliphatic rings. The Morgan fingerprint density at radius 1 is 1.24 bits per heavy atom. The summed E-state index contributed by atoms with van der Waals surface area (Å²) in [6, 6.07) is 6.89. The minimum Gasteiger partial charge on any atom is -0.345 e. The van der Waals surface area contributed by atoms with E-state index < -0.39 is 15.9 Å². The second kappa shape index (κ2) is 7.80. The molecule has 0 spiro atoms. The second-order valence-corrected chi connectivity index (χ2v) is 8.53. The van der Waals surface area contributed by atoms with Gasteiger partial charge in [0.05, 0.1) is 17.9 Å². The van der Waals surface area contributed by atoms with E-state index in [1.54, 1.807) is 30.1 Å². The number of carbonyl (C=O) groups excluding carboxylic acids is 1. The largest absolute Gasteiger partial charge is 0.345 e. The first-order valence-corrected chi connectivity index (χ1v) is 10.3. The Hall–Kier alpha value is -2.98. The molecule has 2 aromatic heterocycles. The summed E-state index contributed by atoms with van der Waals surface area (Å²) in [7, 11) is -0.728. The lowest BCUT2D eigenvalue weighted by atomic mass is 10.1. The van der Waals surface area contributed by atoms with Crippen molar-refractivity contribution >= 4 is 15.9 Å². The fourth-order valence-corrected chi connectivity index (χ4v) is 3.86. The van der Waals surface area contributed by atoms with Gasteiger partial charge in [0.15, 0.2) is 0 Å². The number of nitrogens with one attached hydrogen (secondary N) is 2. The molecule has 2 heterocycles.